The van der Waals surface area contributed by atoms with Crippen molar-refractivity contribution in [1.29, 1.82) is 0 Å². The molecule has 0 fully saturated rings. The molecule has 2 heterocycles. The molecule has 0 aliphatic rings. The molecule has 1 N–H and O–H groups in total. The van der Waals surface area contributed by atoms with Crippen molar-refractivity contribution in [2.24, 2.45) is 0 Å². The van der Waals surface area contributed by atoms with Gasteiger partial charge in [-0.05, 0) is 37.1 Å². The fraction of sp³-hybridized carbons (Fsp3) is 0.167. The summed E-state index contributed by atoms with van der Waals surface area (Å²) >= 11 is 1.36. The molecule has 0 bridgehead atoms. The lowest BCUT2D eigenvalue weighted by Gasteiger charge is -2.10. The first-order valence-corrected chi connectivity index (χ1v) is 8.47. The summed E-state index contributed by atoms with van der Waals surface area (Å²) in [5, 5.41) is 16.2. The predicted octanol–water partition coefficient (Wildman–Crippen LogP) is 3.32. The fourth-order valence-corrected chi connectivity index (χ4v) is 3.32. The summed E-state index contributed by atoms with van der Waals surface area (Å²) in [6.45, 7) is 4.01. The summed E-state index contributed by atoms with van der Waals surface area (Å²) in [7, 11) is 1.64. The maximum atomic E-state index is 12.2. The summed E-state index contributed by atoms with van der Waals surface area (Å²) in [5.41, 5.74) is 4.36. The molecule has 0 saturated carbocycles. The van der Waals surface area contributed by atoms with Gasteiger partial charge in [0, 0.05) is 23.1 Å². The van der Waals surface area contributed by atoms with Crippen molar-refractivity contribution in [1.82, 2.24) is 4.98 Å². The van der Waals surface area contributed by atoms with Crippen molar-refractivity contribution < 1.29 is 14.3 Å². The summed E-state index contributed by atoms with van der Waals surface area (Å²) in [6, 6.07) is 6.85. The number of amides is 1. The number of nitrogens with zero attached hydrogens (tertiary/aromatic N) is 2. The number of carbonyl (C=O) groups is 1. The van der Waals surface area contributed by atoms with Gasteiger partial charge in [-0.3, -0.25) is 10.1 Å². The maximum absolute atomic E-state index is 12.2. The first-order chi connectivity index (χ1) is 12.0. The van der Waals surface area contributed by atoms with E-state index in [9.17, 15) is 10.0 Å². The molecule has 7 heteroatoms. The highest BCUT2D eigenvalue weighted by Gasteiger charge is 2.14. The molecule has 0 radical (unpaired) electrons. The number of hydrogen-bond acceptors (Lipinski definition) is 5. The topological polar surface area (TPSA) is 78.2 Å². The van der Waals surface area contributed by atoms with Gasteiger partial charge in [-0.25, -0.2) is 4.98 Å². The van der Waals surface area contributed by atoms with Crippen LogP contribution in [-0.2, 0) is 0 Å². The minimum absolute atomic E-state index is 0.301. The third-order valence-electron chi connectivity index (χ3n) is 3.79. The molecule has 128 valence electrons. The van der Waals surface area contributed by atoms with E-state index in [1.165, 1.54) is 35.9 Å². The lowest BCUT2D eigenvalue weighted by molar-refractivity contribution is -0.605. The van der Waals surface area contributed by atoms with E-state index in [0.29, 0.717) is 15.4 Å². The first-order valence-electron chi connectivity index (χ1n) is 7.59. The molecule has 0 unspecified atom stereocenters. The van der Waals surface area contributed by atoms with Gasteiger partial charge in [-0.1, -0.05) is 0 Å². The van der Waals surface area contributed by atoms with Gasteiger partial charge in [0.1, 0.15) is 5.75 Å². The van der Waals surface area contributed by atoms with Crippen LogP contribution in [0.1, 0.15) is 21.5 Å². The van der Waals surface area contributed by atoms with Gasteiger partial charge in [0.15, 0.2) is 17.5 Å². The van der Waals surface area contributed by atoms with E-state index in [-0.39, 0.29) is 5.91 Å². The number of pyridine rings is 1. The van der Waals surface area contributed by atoms with Gasteiger partial charge in [-0.2, -0.15) is 4.73 Å². The highest BCUT2D eigenvalue weighted by atomic mass is 32.1. The van der Waals surface area contributed by atoms with Crippen LogP contribution in [-0.4, -0.2) is 18.0 Å². The van der Waals surface area contributed by atoms with Crippen LogP contribution in [0.25, 0.3) is 11.3 Å². The second-order valence-corrected chi connectivity index (χ2v) is 6.43. The monoisotopic (exact) mass is 355 g/mol. The Morgan fingerprint density at radius 3 is 2.48 bits per heavy atom. The Balaban J connectivity index is 1.83. The Morgan fingerprint density at radius 2 is 1.88 bits per heavy atom. The first kappa shape index (κ1) is 16.9. The number of aryl methyl sites for hydroxylation is 2. The Hall–Kier alpha value is -2.93. The van der Waals surface area contributed by atoms with Crippen molar-refractivity contribution in [3.05, 3.63) is 63.9 Å². The quantitative estimate of drug-likeness (QED) is 0.575. The molecule has 6 nitrogen and oxygen atoms in total. The smallest absolute Gasteiger partial charge is 0.257 e. The van der Waals surface area contributed by atoms with Crippen molar-refractivity contribution in [3.63, 3.8) is 0 Å². The molecule has 1 amide bonds. The lowest BCUT2D eigenvalue weighted by Crippen LogP contribution is -2.25. The zero-order chi connectivity index (χ0) is 18.0. The largest absolute Gasteiger partial charge is 0.619 e. The van der Waals surface area contributed by atoms with Crippen LogP contribution < -0.4 is 14.8 Å². The number of benzene rings is 1. The molecular formula is C18H17N3O3S. The molecule has 25 heavy (non-hydrogen) atoms. The average Bonchev–Trinajstić information content (AvgIpc) is 3.02. The van der Waals surface area contributed by atoms with Crippen molar-refractivity contribution in [3.8, 4) is 17.0 Å². The molecular weight excluding hydrogens is 338 g/mol. The Kier molecular flexibility index (Phi) is 4.67. The van der Waals surface area contributed by atoms with Gasteiger partial charge >= 0.3 is 0 Å². The van der Waals surface area contributed by atoms with Crippen LogP contribution in [0.2, 0.25) is 0 Å². The summed E-state index contributed by atoms with van der Waals surface area (Å²) in [5.74, 6) is 0.506. The third-order valence-corrected chi connectivity index (χ3v) is 4.54. The zero-order valence-electron chi connectivity index (χ0n) is 14.1. The fourth-order valence-electron chi connectivity index (χ4n) is 2.63. The van der Waals surface area contributed by atoms with E-state index in [1.54, 1.807) is 7.11 Å². The van der Waals surface area contributed by atoms with Gasteiger partial charge in [0.05, 0.1) is 18.4 Å². The SMILES string of the molecule is COc1cc(C)c(-c2csc(NC(=O)c3cc[n+]([O-])cc3)n2)c(C)c1. The number of ether oxygens (including phenoxy) is 1. The number of methoxy groups -OCH3 is 1. The minimum atomic E-state index is -0.301. The standard InChI is InChI=1S/C18H17N3O3S/c1-11-8-14(24-3)9-12(2)16(11)15-10-25-18(19-15)20-17(22)13-4-6-21(23)7-5-13/h4-10H,1-3H3,(H,19,20,22). The molecule has 2 aromatic heterocycles. The van der Waals surface area contributed by atoms with E-state index in [0.717, 1.165) is 28.1 Å². The number of aromatic nitrogens is 2. The van der Waals surface area contributed by atoms with Gasteiger partial charge < -0.3 is 9.94 Å². The van der Waals surface area contributed by atoms with Crippen LogP contribution in [0.5, 0.6) is 5.75 Å². The van der Waals surface area contributed by atoms with Crippen LogP contribution >= 0.6 is 11.3 Å². The highest BCUT2D eigenvalue weighted by molar-refractivity contribution is 7.14. The summed E-state index contributed by atoms with van der Waals surface area (Å²) in [4.78, 5) is 16.7. The second-order valence-electron chi connectivity index (χ2n) is 5.57. The molecule has 3 aromatic rings. The minimum Gasteiger partial charge on any atom is -0.619 e. The Morgan fingerprint density at radius 1 is 1.24 bits per heavy atom. The van der Waals surface area contributed by atoms with Crippen molar-refractivity contribution >= 4 is 22.4 Å². The Bertz CT molecular complexity index is 897. The van der Waals surface area contributed by atoms with Gasteiger partial charge in [-0.15, -0.1) is 11.3 Å². The Labute approximate surface area is 149 Å². The molecule has 0 spiro atoms. The molecule has 0 atom stereocenters. The zero-order valence-corrected chi connectivity index (χ0v) is 14.9. The van der Waals surface area contributed by atoms with Crippen molar-refractivity contribution in [2.45, 2.75) is 13.8 Å². The average molecular weight is 355 g/mol. The van der Waals surface area contributed by atoms with E-state index < -0.39 is 0 Å². The number of rotatable bonds is 4. The van der Waals surface area contributed by atoms with E-state index in [4.69, 9.17) is 4.74 Å². The van der Waals surface area contributed by atoms with Crippen LogP contribution in [0, 0.1) is 19.1 Å². The highest BCUT2D eigenvalue weighted by Crippen LogP contribution is 2.33. The predicted molar refractivity (Wildman–Crippen MR) is 96.9 cm³/mol. The van der Waals surface area contributed by atoms with Gasteiger partial charge in [0.2, 0.25) is 0 Å². The van der Waals surface area contributed by atoms with E-state index >= 15 is 0 Å². The van der Waals surface area contributed by atoms with Gasteiger partial charge in [0.25, 0.3) is 5.91 Å². The van der Waals surface area contributed by atoms with Crippen LogP contribution in [0.3, 0.4) is 0 Å². The summed E-state index contributed by atoms with van der Waals surface area (Å²) < 4.78 is 5.92. The molecule has 0 aliphatic carbocycles. The summed E-state index contributed by atoms with van der Waals surface area (Å²) in [6.07, 6.45) is 2.57. The number of anilines is 1. The maximum Gasteiger partial charge on any atom is 0.257 e. The molecule has 0 saturated heterocycles. The number of carbonyl (C=O) groups excluding carboxylic acids is 1. The van der Waals surface area contributed by atoms with Crippen LogP contribution in [0.15, 0.2) is 42.0 Å². The van der Waals surface area contributed by atoms with Crippen LogP contribution in [0.4, 0.5) is 5.13 Å². The second kappa shape index (κ2) is 6.90. The lowest BCUT2D eigenvalue weighted by atomic mass is 10.0. The van der Waals surface area contributed by atoms with Crippen molar-refractivity contribution in [2.75, 3.05) is 12.4 Å². The molecule has 1 aromatic carbocycles. The van der Waals surface area contributed by atoms with E-state index in [1.807, 2.05) is 31.4 Å². The molecule has 3 rings (SSSR count). The number of thiazole rings is 1. The number of nitrogens with one attached hydrogen (secondary N) is 1. The van der Waals surface area contributed by atoms with E-state index in [2.05, 4.69) is 10.3 Å². The normalized spacial score (nSPS) is 10.5. The number of hydrogen-bond donors (Lipinski definition) is 1. The third kappa shape index (κ3) is 3.61. The molecule has 0 aliphatic heterocycles.